The Labute approximate surface area is 214 Å². The summed E-state index contributed by atoms with van der Waals surface area (Å²) in [6.45, 7) is 0. The van der Waals surface area contributed by atoms with Gasteiger partial charge in [0.1, 0.15) is 11.0 Å². The Morgan fingerprint density at radius 1 is 0.486 bits per heavy atom. The van der Waals surface area contributed by atoms with Gasteiger partial charge in [-0.2, -0.15) is 4.80 Å². The van der Waals surface area contributed by atoms with Gasteiger partial charge in [-0.15, -0.1) is 10.2 Å². The van der Waals surface area contributed by atoms with Crippen molar-refractivity contribution in [2.45, 2.75) is 0 Å². The molecule has 7 rings (SSSR count). The Hall–Kier alpha value is -5.09. The molecule has 0 spiro atoms. The van der Waals surface area contributed by atoms with E-state index in [4.69, 9.17) is 10.2 Å². The van der Waals surface area contributed by atoms with Crippen LogP contribution >= 0.6 is 0 Å². The average molecular weight is 475 g/mol. The van der Waals surface area contributed by atoms with Crippen LogP contribution in [0.4, 0.5) is 0 Å². The van der Waals surface area contributed by atoms with Gasteiger partial charge in [0, 0.05) is 17.8 Å². The number of pyridine rings is 1. The number of rotatable bonds is 4. The minimum Gasteiger partial charge on any atom is -0.264 e. The second kappa shape index (κ2) is 8.85. The van der Waals surface area contributed by atoms with Gasteiger partial charge < -0.3 is 0 Å². The van der Waals surface area contributed by atoms with Crippen LogP contribution in [0.2, 0.25) is 0 Å². The summed E-state index contributed by atoms with van der Waals surface area (Å²) in [5.41, 5.74) is 9.62. The monoisotopic (exact) mass is 474 g/mol. The van der Waals surface area contributed by atoms with Gasteiger partial charge in [0.2, 0.25) is 0 Å². The van der Waals surface area contributed by atoms with Crippen LogP contribution in [0.3, 0.4) is 0 Å². The first-order chi connectivity index (χ1) is 18.3. The summed E-state index contributed by atoms with van der Waals surface area (Å²) in [5, 5.41) is 12.0. The van der Waals surface area contributed by atoms with E-state index in [-0.39, 0.29) is 0 Å². The molecule has 7 aromatic rings. The first kappa shape index (κ1) is 21.2. The van der Waals surface area contributed by atoms with Crippen molar-refractivity contribution in [2.75, 3.05) is 0 Å². The minimum absolute atomic E-state index is 0.872. The second-order valence-electron chi connectivity index (χ2n) is 9.06. The lowest BCUT2D eigenvalue weighted by Gasteiger charge is -2.09. The zero-order valence-corrected chi connectivity index (χ0v) is 20.0. The fourth-order valence-corrected chi connectivity index (χ4v) is 4.89. The lowest BCUT2D eigenvalue weighted by atomic mass is 9.95. The van der Waals surface area contributed by atoms with E-state index in [9.17, 15) is 0 Å². The largest absolute Gasteiger partial charge is 0.264 e. The number of aromatic nitrogens is 4. The molecule has 0 fully saturated rings. The minimum atomic E-state index is 0.872. The summed E-state index contributed by atoms with van der Waals surface area (Å²) in [4.78, 5) is 5.95. The van der Waals surface area contributed by atoms with E-state index in [0.717, 1.165) is 44.4 Å². The van der Waals surface area contributed by atoms with Gasteiger partial charge in [0.15, 0.2) is 0 Å². The maximum absolute atomic E-state index is 4.90. The van der Waals surface area contributed by atoms with E-state index in [1.807, 2.05) is 30.5 Å². The molecule has 2 heterocycles. The predicted molar refractivity (Wildman–Crippen MR) is 150 cm³/mol. The highest BCUT2D eigenvalue weighted by Gasteiger charge is 2.14. The fourth-order valence-electron chi connectivity index (χ4n) is 4.89. The Morgan fingerprint density at radius 3 is 1.86 bits per heavy atom. The molecule has 0 radical (unpaired) electrons. The SMILES string of the molecule is c1ccc(-c2ccc(-c3cc4nn(-c5ccc(-c6cccnc6)cc5)nc4c4ccccc34)cc2)cc1. The molecule has 0 bridgehead atoms. The third-order valence-electron chi connectivity index (χ3n) is 6.79. The maximum Gasteiger partial charge on any atom is 0.121 e. The molecular formula is C33H22N4. The number of hydrogen-bond donors (Lipinski definition) is 0. The van der Waals surface area contributed by atoms with E-state index < -0.39 is 0 Å². The summed E-state index contributed by atoms with van der Waals surface area (Å²) < 4.78 is 0. The second-order valence-corrected chi connectivity index (χ2v) is 9.06. The quantitative estimate of drug-likeness (QED) is 0.260. The summed E-state index contributed by atoms with van der Waals surface area (Å²) in [6.07, 6.45) is 3.66. The van der Waals surface area contributed by atoms with E-state index >= 15 is 0 Å². The molecule has 0 N–H and O–H groups in total. The van der Waals surface area contributed by atoms with Crippen LogP contribution in [0, 0.1) is 0 Å². The number of benzene rings is 5. The molecule has 0 amide bonds. The normalized spacial score (nSPS) is 11.2. The van der Waals surface area contributed by atoms with Crippen molar-refractivity contribution < 1.29 is 0 Å². The molecule has 5 aromatic carbocycles. The summed E-state index contributed by atoms with van der Waals surface area (Å²) >= 11 is 0. The molecule has 4 nitrogen and oxygen atoms in total. The molecule has 4 heteroatoms. The van der Waals surface area contributed by atoms with Gasteiger partial charge in [-0.05, 0) is 63.0 Å². The van der Waals surface area contributed by atoms with Crippen molar-refractivity contribution in [3.63, 3.8) is 0 Å². The van der Waals surface area contributed by atoms with Gasteiger partial charge in [0.05, 0.1) is 5.69 Å². The lowest BCUT2D eigenvalue weighted by Crippen LogP contribution is -1.98. The average Bonchev–Trinajstić information content (AvgIpc) is 3.43. The Balaban J connectivity index is 1.31. The van der Waals surface area contributed by atoms with Gasteiger partial charge in [-0.1, -0.05) is 97.1 Å². The third kappa shape index (κ3) is 3.85. The molecule has 174 valence electrons. The first-order valence-corrected chi connectivity index (χ1v) is 12.3. The highest BCUT2D eigenvalue weighted by molar-refractivity contribution is 6.11. The number of nitrogens with zero attached hydrogens (tertiary/aromatic N) is 4. The standard InChI is InChI=1S/C33H22N4/c1-2-7-23(8-3-1)24-12-14-26(15-13-24)31-21-32-33(30-11-5-4-10-29(30)31)36-37(35-32)28-18-16-25(17-19-28)27-9-6-20-34-22-27/h1-22H. The summed E-state index contributed by atoms with van der Waals surface area (Å²) in [5.74, 6) is 0. The van der Waals surface area contributed by atoms with E-state index in [1.54, 1.807) is 11.0 Å². The molecule has 0 aliphatic carbocycles. The van der Waals surface area contributed by atoms with E-state index in [2.05, 4.69) is 102 Å². The van der Waals surface area contributed by atoms with Crippen molar-refractivity contribution >= 4 is 21.8 Å². The Kier molecular flexibility index (Phi) is 5.07. The molecule has 0 saturated heterocycles. The van der Waals surface area contributed by atoms with Crippen LogP contribution in [0.1, 0.15) is 0 Å². The molecule has 0 unspecified atom stereocenters. The van der Waals surface area contributed by atoms with Crippen molar-refractivity contribution in [1.29, 1.82) is 0 Å². The number of hydrogen-bond acceptors (Lipinski definition) is 3. The van der Waals surface area contributed by atoms with Crippen LogP contribution < -0.4 is 0 Å². The van der Waals surface area contributed by atoms with Crippen LogP contribution in [0.25, 0.3) is 60.9 Å². The molecule has 0 atom stereocenters. The maximum atomic E-state index is 4.90. The Bertz CT molecular complexity index is 1840. The third-order valence-corrected chi connectivity index (χ3v) is 6.79. The number of fused-ring (bicyclic) bond motifs is 3. The summed E-state index contributed by atoms with van der Waals surface area (Å²) in [7, 11) is 0. The molecule has 0 saturated carbocycles. The predicted octanol–water partition coefficient (Wildman–Crippen LogP) is 7.97. The van der Waals surface area contributed by atoms with Gasteiger partial charge >= 0.3 is 0 Å². The lowest BCUT2D eigenvalue weighted by molar-refractivity contribution is 0.766. The van der Waals surface area contributed by atoms with E-state index in [0.29, 0.717) is 0 Å². The van der Waals surface area contributed by atoms with Gasteiger partial charge in [-0.25, -0.2) is 0 Å². The van der Waals surface area contributed by atoms with Gasteiger partial charge in [0.25, 0.3) is 0 Å². The highest BCUT2D eigenvalue weighted by atomic mass is 15.5. The first-order valence-electron chi connectivity index (χ1n) is 12.3. The molecule has 0 aliphatic heterocycles. The molecule has 0 aliphatic rings. The van der Waals surface area contributed by atoms with Crippen molar-refractivity contribution in [2.24, 2.45) is 0 Å². The smallest absolute Gasteiger partial charge is 0.121 e. The molecular weight excluding hydrogens is 452 g/mol. The topological polar surface area (TPSA) is 43.6 Å². The van der Waals surface area contributed by atoms with Crippen LogP contribution in [0.15, 0.2) is 134 Å². The molecule has 2 aromatic heterocycles. The van der Waals surface area contributed by atoms with Crippen molar-refractivity contribution in [3.05, 3.63) is 134 Å². The summed E-state index contributed by atoms with van der Waals surface area (Å²) in [6, 6.07) is 42.1. The van der Waals surface area contributed by atoms with Crippen molar-refractivity contribution in [3.8, 4) is 39.1 Å². The van der Waals surface area contributed by atoms with Crippen LogP contribution in [0.5, 0.6) is 0 Å². The Morgan fingerprint density at radius 2 is 1.11 bits per heavy atom. The fraction of sp³-hybridized carbons (Fsp3) is 0. The zero-order valence-electron chi connectivity index (χ0n) is 20.0. The zero-order chi connectivity index (χ0) is 24.6. The van der Waals surface area contributed by atoms with Crippen LogP contribution in [-0.2, 0) is 0 Å². The highest BCUT2D eigenvalue weighted by Crippen LogP contribution is 2.35. The van der Waals surface area contributed by atoms with E-state index in [1.165, 1.54) is 16.5 Å². The van der Waals surface area contributed by atoms with Crippen LogP contribution in [-0.4, -0.2) is 20.0 Å². The van der Waals surface area contributed by atoms with Gasteiger partial charge in [-0.3, -0.25) is 4.98 Å². The molecule has 37 heavy (non-hydrogen) atoms. The van der Waals surface area contributed by atoms with Crippen molar-refractivity contribution in [1.82, 2.24) is 20.0 Å².